The number of carbonyl (C=O) groups is 1. The zero-order valence-corrected chi connectivity index (χ0v) is 16.5. The number of rotatable bonds is 9. The third-order valence-corrected chi connectivity index (χ3v) is 4.56. The lowest BCUT2D eigenvalue weighted by atomic mass is 10.0. The molecule has 0 bridgehead atoms. The minimum Gasteiger partial charge on any atom is -0.490 e. The Labute approximate surface area is 170 Å². The van der Waals surface area contributed by atoms with Crippen molar-refractivity contribution in [3.8, 4) is 17.6 Å². The largest absolute Gasteiger partial charge is 0.490 e. The fraction of sp³-hybridized carbons (Fsp3) is 0.250. The molecule has 3 aromatic rings. The van der Waals surface area contributed by atoms with Crippen molar-refractivity contribution in [3.63, 3.8) is 0 Å². The highest BCUT2D eigenvalue weighted by Gasteiger charge is 2.10. The Morgan fingerprint density at radius 1 is 1.00 bits per heavy atom. The van der Waals surface area contributed by atoms with Gasteiger partial charge in [0.1, 0.15) is 31.1 Å². The van der Waals surface area contributed by atoms with E-state index in [9.17, 15) is 4.79 Å². The summed E-state index contributed by atoms with van der Waals surface area (Å²) in [6.07, 6.45) is 0.488. The summed E-state index contributed by atoms with van der Waals surface area (Å²) in [5, 5.41) is 13.6. The highest BCUT2D eigenvalue weighted by molar-refractivity contribution is 5.88. The lowest BCUT2D eigenvalue weighted by molar-refractivity contribution is -0.120. The highest BCUT2D eigenvalue weighted by atomic mass is 16.5. The lowest BCUT2D eigenvalue weighted by Gasteiger charge is -2.15. The van der Waals surface area contributed by atoms with Gasteiger partial charge in [0, 0.05) is 12.1 Å². The Balaban J connectivity index is 1.65. The molecule has 0 unspecified atom stereocenters. The van der Waals surface area contributed by atoms with Crippen molar-refractivity contribution >= 4 is 16.7 Å². The van der Waals surface area contributed by atoms with E-state index in [1.54, 1.807) is 0 Å². The number of aryl methyl sites for hydroxylation is 1. The fourth-order valence-electron chi connectivity index (χ4n) is 3.12. The number of benzene rings is 3. The van der Waals surface area contributed by atoms with Gasteiger partial charge in [-0.15, -0.1) is 0 Å². The van der Waals surface area contributed by atoms with Crippen LogP contribution in [0.1, 0.15) is 17.5 Å². The summed E-state index contributed by atoms with van der Waals surface area (Å²) in [7, 11) is 0. The molecule has 1 N–H and O–H groups in total. The molecular formula is C24H24N2O3. The molecule has 0 spiro atoms. The van der Waals surface area contributed by atoms with Crippen molar-refractivity contribution in [2.75, 3.05) is 19.8 Å². The third-order valence-electron chi connectivity index (χ3n) is 4.56. The molecule has 0 fully saturated rings. The average Bonchev–Trinajstić information content (AvgIpc) is 2.73. The van der Waals surface area contributed by atoms with Gasteiger partial charge in [-0.05, 0) is 42.3 Å². The van der Waals surface area contributed by atoms with Crippen LogP contribution in [-0.2, 0) is 11.2 Å². The Hall–Kier alpha value is -3.52. The minimum absolute atomic E-state index is 0.130. The van der Waals surface area contributed by atoms with Crippen molar-refractivity contribution in [2.24, 2.45) is 0 Å². The molecule has 5 heteroatoms. The van der Waals surface area contributed by atoms with Crippen LogP contribution >= 0.6 is 0 Å². The standard InChI is InChI=1S/C24H24N2O3/c1-18-6-9-20(10-7-18)28-16-17-29-23-11-8-19-4-2-3-5-21(19)22(23)13-15-26-24(27)12-14-25/h2-11H,12-13,15-17H2,1H3,(H,26,27). The zero-order chi connectivity index (χ0) is 20.5. The number of carbonyl (C=O) groups excluding carboxylic acids is 1. The van der Waals surface area contributed by atoms with Gasteiger partial charge < -0.3 is 14.8 Å². The zero-order valence-electron chi connectivity index (χ0n) is 16.5. The number of nitriles is 1. The maximum atomic E-state index is 11.6. The number of fused-ring (bicyclic) bond motifs is 1. The first kappa shape index (κ1) is 20.2. The maximum Gasteiger partial charge on any atom is 0.234 e. The summed E-state index contributed by atoms with van der Waals surface area (Å²) in [4.78, 5) is 11.6. The first-order chi connectivity index (χ1) is 14.2. The number of nitrogens with zero attached hydrogens (tertiary/aromatic N) is 1. The van der Waals surface area contributed by atoms with Crippen LogP contribution in [0, 0.1) is 18.3 Å². The fourth-order valence-corrected chi connectivity index (χ4v) is 3.12. The second kappa shape index (κ2) is 10.1. The monoisotopic (exact) mass is 388 g/mol. The molecule has 148 valence electrons. The summed E-state index contributed by atoms with van der Waals surface area (Å²) in [6, 6.07) is 21.9. The van der Waals surface area contributed by atoms with Crippen LogP contribution < -0.4 is 14.8 Å². The highest BCUT2D eigenvalue weighted by Crippen LogP contribution is 2.28. The van der Waals surface area contributed by atoms with Gasteiger partial charge in [-0.2, -0.15) is 5.26 Å². The van der Waals surface area contributed by atoms with Crippen molar-refractivity contribution in [2.45, 2.75) is 19.8 Å². The maximum absolute atomic E-state index is 11.6. The average molecular weight is 388 g/mol. The van der Waals surface area contributed by atoms with Gasteiger partial charge in [0.2, 0.25) is 5.91 Å². The van der Waals surface area contributed by atoms with Gasteiger partial charge in [-0.1, -0.05) is 48.0 Å². The summed E-state index contributed by atoms with van der Waals surface area (Å²) >= 11 is 0. The molecule has 3 rings (SSSR count). The number of nitrogens with one attached hydrogen (secondary N) is 1. The normalized spacial score (nSPS) is 10.3. The molecule has 0 saturated heterocycles. The van der Waals surface area contributed by atoms with E-state index in [0.29, 0.717) is 26.2 Å². The SMILES string of the molecule is Cc1ccc(OCCOc2ccc3ccccc3c2CCNC(=O)CC#N)cc1. The van der Waals surface area contributed by atoms with Crippen LogP contribution in [0.2, 0.25) is 0 Å². The number of hydrogen-bond donors (Lipinski definition) is 1. The molecule has 0 radical (unpaired) electrons. The minimum atomic E-state index is -0.262. The molecular weight excluding hydrogens is 364 g/mol. The lowest BCUT2D eigenvalue weighted by Crippen LogP contribution is -2.25. The number of ether oxygens (including phenoxy) is 2. The van der Waals surface area contributed by atoms with E-state index in [2.05, 4.69) is 17.4 Å². The van der Waals surface area contributed by atoms with Crippen molar-refractivity contribution in [1.82, 2.24) is 5.32 Å². The van der Waals surface area contributed by atoms with E-state index in [1.165, 1.54) is 5.56 Å². The molecule has 1 amide bonds. The van der Waals surface area contributed by atoms with Gasteiger partial charge in [0.15, 0.2) is 0 Å². The number of amides is 1. The summed E-state index contributed by atoms with van der Waals surface area (Å²) in [5.74, 6) is 1.34. The van der Waals surface area contributed by atoms with Crippen molar-refractivity contribution in [1.29, 1.82) is 5.26 Å². The van der Waals surface area contributed by atoms with Gasteiger partial charge in [0.05, 0.1) is 6.07 Å². The molecule has 0 saturated carbocycles. The Morgan fingerprint density at radius 3 is 2.55 bits per heavy atom. The van der Waals surface area contributed by atoms with E-state index in [1.807, 2.05) is 61.5 Å². The van der Waals surface area contributed by atoms with E-state index >= 15 is 0 Å². The molecule has 0 aliphatic carbocycles. The van der Waals surface area contributed by atoms with E-state index < -0.39 is 0 Å². The molecule has 0 heterocycles. The first-order valence-electron chi connectivity index (χ1n) is 9.64. The van der Waals surface area contributed by atoms with Gasteiger partial charge >= 0.3 is 0 Å². The molecule has 3 aromatic carbocycles. The van der Waals surface area contributed by atoms with Crippen LogP contribution in [0.3, 0.4) is 0 Å². The predicted molar refractivity (Wildman–Crippen MR) is 113 cm³/mol. The Morgan fingerprint density at radius 2 is 1.76 bits per heavy atom. The van der Waals surface area contributed by atoms with Crippen LogP contribution in [0.4, 0.5) is 0 Å². The smallest absolute Gasteiger partial charge is 0.234 e. The van der Waals surface area contributed by atoms with Crippen molar-refractivity contribution < 1.29 is 14.3 Å². The van der Waals surface area contributed by atoms with Crippen LogP contribution in [-0.4, -0.2) is 25.7 Å². The van der Waals surface area contributed by atoms with Crippen molar-refractivity contribution in [3.05, 3.63) is 71.8 Å². The van der Waals surface area contributed by atoms with Gasteiger partial charge in [-0.3, -0.25) is 4.79 Å². The van der Waals surface area contributed by atoms with Crippen LogP contribution in [0.5, 0.6) is 11.5 Å². The topological polar surface area (TPSA) is 71.3 Å². The molecule has 5 nitrogen and oxygen atoms in total. The van der Waals surface area contributed by atoms with E-state index in [4.69, 9.17) is 14.7 Å². The van der Waals surface area contributed by atoms with E-state index in [-0.39, 0.29) is 12.3 Å². The van der Waals surface area contributed by atoms with Crippen LogP contribution in [0.25, 0.3) is 10.8 Å². The Kier molecular flexibility index (Phi) is 7.07. The van der Waals surface area contributed by atoms with E-state index in [0.717, 1.165) is 27.8 Å². The quantitative estimate of drug-likeness (QED) is 0.558. The third kappa shape index (κ3) is 5.73. The summed E-state index contributed by atoms with van der Waals surface area (Å²) in [6.45, 7) is 3.34. The van der Waals surface area contributed by atoms with Gasteiger partial charge in [0.25, 0.3) is 0 Å². The summed E-state index contributed by atoms with van der Waals surface area (Å²) in [5.41, 5.74) is 2.23. The number of hydrogen-bond acceptors (Lipinski definition) is 4. The molecule has 0 aliphatic rings. The molecule has 0 atom stereocenters. The predicted octanol–water partition coefficient (Wildman–Crippen LogP) is 4.18. The first-order valence-corrected chi connectivity index (χ1v) is 9.64. The van der Waals surface area contributed by atoms with Gasteiger partial charge in [-0.25, -0.2) is 0 Å². The Bertz CT molecular complexity index is 1010. The second-order valence-corrected chi connectivity index (χ2v) is 6.71. The van der Waals surface area contributed by atoms with Crippen LogP contribution in [0.15, 0.2) is 60.7 Å². The molecule has 0 aliphatic heterocycles. The summed E-state index contributed by atoms with van der Waals surface area (Å²) < 4.78 is 11.7. The second-order valence-electron chi connectivity index (χ2n) is 6.71. The molecule has 29 heavy (non-hydrogen) atoms. The molecule has 0 aromatic heterocycles.